The number of carbonyl (C=O) groups excluding carboxylic acids is 1. The van der Waals surface area contributed by atoms with E-state index in [-0.39, 0.29) is 17.4 Å². The Bertz CT molecular complexity index is 1150. The van der Waals surface area contributed by atoms with Crippen LogP contribution in [-0.2, 0) is 42.1 Å². The van der Waals surface area contributed by atoms with E-state index in [0.717, 1.165) is 54.5 Å². The first-order valence-corrected chi connectivity index (χ1v) is 11.9. The van der Waals surface area contributed by atoms with Crippen molar-refractivity contribution in [2.24, 2.45) is 15.4 Å². The Morgan fingerprint density at radius 2 is 2.20 bits per heavy atom. The second-order valence-electron chi connectivity index (χ2n) is 8.17. The summed E-state index contributed by atoms with van der Waals surface area (Å²) in [5, 5.41) is 22.6. The molecule has 10 heteroatoms. The zero-order valence-corrected chi connectivity index (χ0v) is 17.4. The van der Waals surface area contributed by atoms with Gasteiger partial charge in [-0.3, -0.25) is 0 Å². The number of amides is 2. The van der Waals surface area contributed by atoms with E-state index in [9.17, 15) is 14.1 Å². The summed E-state index contributed by atoms with van der Waals surface area (Å²) in [5.41, 5.74) is 5.32. The molecular formula is C20H25N5O4S. The van der Waals surface area contributed by atoms with Gasteiger partial charge in [0.25, 0.3) is 0 Å². The Morgan fingerprint density at radius 1 is 1.33 bits per heavy atom. The van der Waals surface area contributed by atoms with Crippen molar-refractivity contribution in [3.63, 3.8) is 0 Å². The second kappa shape index (κ2) is 7.36. The molecule has 3 aliphatic rings. The number of nitrogens with zero attached hydrogens (tertiary/aromatic N) is 3. The van der Waals surface area contributed by atoms with Crippen LogP contribution in [0.25, 0.3) is 0 Å². The minimum Gasteiger partial charge on any atom is -0.477 e. The lowest BCUT2D eigenvalue weighted by Gasteiger charge is -2.16. The smallest absolute Gasteiger partial charge is 0.354 e. The largest absolute Gasteiger partial charge is 0.477 e. The molecule has 9 nitrogen and oxygen atoms in total. The maximum absolute atomic E-state index is 13.1. The van der Waals surface area contributed by atoms with Gasteiger partial charge >= 0.3 is 6.03 Å². The van der Waals surface area contributed by atoms with Crippen molar-refractivity contribution in [1.82, 2.24) is 9.78 Å². The molecule has 1 aromatic heterocycles. The van der Waals surface area contributed by atoms with Gasteiger partial charge in [-0.15, -0.1) is 4.36 Å². The molecule has 0 saturated carbocycles. The highest BCUT2D eigenvalue weighted by Crippen LogP contribution is 2.40. The van der Waals surface area contributed by atoms with Gasteiger partial charge in [-0.05, 0) is 60.3 Å². The van der Waals surface area contributed by atoms with Crippen molar-refractivity contribution in [3.8, 4) is 5.88 Å². The van der Waals surface area contributed by atoms with Crippen LogP contribution in [0.15, 0.2) is 21.5 Å². The normalized spacial score (nSPS) is 21.2. The summed E-state index contributed by atoms with van der Waals surface area (Å²) in [5.74, 6) is 0.475. The maximum Gasteiger partial charge on any atom is 0.354 e. The number of anilines is 1. The molecule has 1 aliphatic heterocycles. The van der Waals surface area contributed by atoms with E-state index >= 15 is 0 Å². The fourth-order valence-corrected chi connectivity index (χ4v) is 5.77. The molecule has 2 aromatic rings. The Labute approximate surface area is 174 Å². The number of nitrogens with two attached hydrogens (primary N) is 1. The average Bonchev–Trinajstić information content (AvgIpc) is 3.44. The number of aliphatic hydroxyl groups is 1. The SMILES string of the molecule is NS(=O)(=NC(=O)Nc1c2c(cc3c1CC(CO)C3)CCC2)c1cnn2c1OCCC2. The molecule has 5 rings (SSSR count). The van der Waals surface area contributed by atoms with Crippen LogP contribution < -0.4 is 15.2 Å². The topological polar surface area (TPSA) is 132 Å². The number of ether oxygens (including phenoxy) is 1. The van der Waals surface area contributed by atoms with E-state index in [2.05, 4.69) is 20.8 Å². The van der Waals surface area contributed by atoms with E-state index < -0.39 is 15.9 Å². The number of hydrogen-bond acceptors (Lipinski definition) is 5. The van der Waals surface area contributed by atoms with Crippen molar-refractivity contribution in [3.05, 3.63) is 34.5 Å². The zero-order valence-electron chi connectivity index (χ0n) is 16.6. The molecule has 2 aliphatic carbocycles. The minimum absolute atomic E-state index is 0.112. The lowest BCUT2D eigenvalue weighted by atomic mass is 9.99. The fourth-order valence-electron chi connectivity index (χ4n) is 4.77. The Balaban J connectivity index is 1.48. The number of fused-ring (bicyclic) bond motifs is 3. The summed E-state index contributed by atoms with van der Waals surface area (Å²) in [6, 6.07) is 1.47. The van der Waals surface area contributed by atoms with Crippen LogP contribution in [0.1, 0.15) is 35.1 Å². The quantitative estimate of drug-likeness (QED) is 0.682. The summed E-state index contributed by atoms with van der Waals surface area (Å²) in [6.45, 7) is 1.24. The molecule has 0 radical (unpaired) electrons. The second-order valence-corrected chi connectivity index (χ2v) is 9.93. The van der Waals surface area contributed by atoms with Gasteiger partial charge in [0.15, 0.2) is 9.92 Å². The van der Waals surface area contributed by atoms with Crippen LogP contribution in [0.3, 0.4) is 0 Å². The summed E-state index contributed by atoms with van der Waals surface area (Å²) < 4.78 is 24.0. The molecular weight excluding hydrogens is 406 g/mol. The molecule has 2 atom stereocenters. The third-order valence-electron chi connectivity index (χ3n) is 6.14. The van der Waals surface area contributed by atoms with Gasteiger partial charge in [0.05, 0.1) is 12.8 Å². The third-order valence-corrected chi connectivity index (χ3v) is 7.49. The van der Waals surface area contributed by atoms with Crippen LogP contribution in [0.4, 0.5) is 10.5 Å². The highest BCUT2D eigenvalue weighted by molar-refractivity contribution is 7.91. The summed E-state index contributed by atoms with van der Waals surface area (Å²) in [7, 11) is -3.51. The molecule has 2 amide bonds. The number of aryl methyl sites for hydroxylation is 2. The van der Waals surface area contributed by atoms with Crippen LogP contribution in [0.5, 0.6) is 5.88 Å². The van der Waals surface area contributed by atoms with Crippen molar-refractivity contribution in [1.29, 1.82) is 0 Å². The first kappa shape index (κ1) is 19.5. The number of hydrogen-bond donors (Lipinski definition) is 3. The van der Waals surface area contributed by atoms with Crippen LogP contribution in [0.2, 0.25) is 0 Å². The van der Waals surface area contributed by atoms with Crippen molar-refractivity contribution in [2.45, 2.75) is 50.0 Å². The Morgan fingerprint density at radius 3 is 3.03 bits per heavy atom. The third kappa shape index (κ3) is 3.28. The summed E-state index contributed by atoms with van der Waals surface area (Å²) in [6.07, 6.45) is 6.56. The molecule has 1 aromatic carbocycles. The highest BCUT2D eigenvalue weighted by Gasteiger charge is 2.30. The minimum atomic E-state index is -3.51. The first-order chi connectivity index (χ1) is 14.5. The van der Waals surface area contributed by atoms with Gasteiger partial charge in [-0.2, -0.15) is 5.10 Å². The molecule has 0 spiro atoms. The van der Waals surface area contributed by atoms with Gasteiger partial charge < -0.3 is 15.2 Å². The average molecular weight is 432 g/mol. The van der Waals surface area contributed by atoms with Crippen LogP contribution >= 0.6 is 0 Å². The van der Waals surface area contributed by atoms with E-state index in [1.165, 1.54) is 11.8 Å². The number of carbonyl (C=O) groups is 1. The summed E-state index contributed by atoms with van der Waals surface area (Å²) in [4.78, 5) is 12.9. The Kier molecular flexibility index (Phi) is 4.79. The van der Waals surface area contributed by atoms with E-state index in [0.29, 0.717) is 25.5 Å². The molecule has 4 N–H and O–H groups in total. The van der Waals surface area contributed by atoms with E-state index in [4.69, 9.17) is 9.88 Å². The monoisotopic (exact) mass is 431 g/mol. The van der Waals surface area contributed by atoms with E-state index in [1.54, 1.807) is 4.68 Å². The van der Waals surface area contributed by atoms with Crippen molar-refractivity contribution < 1.29 is 18.8 Å². The summed E-state index contributed by atoms with van der Waals surface area (Å²) >= 11 is 0. The van der Waals surface area contributed by atoms with E-state index in [1.807, 2.05) is 0 Å². The molecule has 2 unspecified atom stereocenters. The first-order valence-electron chi connectivity index (χ1n) is 10.3. The molecule has 0 saturated heterocycles. The van der Waals surface area contributed by atoms with Gasteiger partial charge in [0.1, 0.15) is 4.90 Å². The predicted molar refractivity (Wildman–Crippen MR) is 111 cm³/mol. The molecule has 2 heterocycles. The lowest BCUT2D eigenvalue weighted by Crippen LogP contribution is -2.21. The van der Waals surface area contributed by atoms with Gasteiger partial charge in [0.2, 0.25) is 5.88 Å². The molecule has 160 valence electrons. The Hall–Kier alpha value is -2.43. The number of benzene rings is 1. The predicted octanol–water partition coefficient (Wildman–Crippen LogP) is 1.79. The number of urea groups is 1. The van der Waals surface area contributed by atoms with Crippen LogP contribution in [0, 0.1) is 5.92 Å². The van der Waals surface area contributed by atoms with Crippen molar-refractivity contribution >= 4 is 21.6 Å². The lowest BCUT2D eigenvalue weighted by molar-refractivity contribution is 0.224. The fraction of sp³-hybridized carbons (Fsp3) is 0.500. The standard InChI is InChI=1S/C20H25N5O4S/c21-30(28,17-10-22-25-5-2-6-29-19(17)25)24-20(27)23-18-15-4-1-3-13(15)9-14-7-12(11-26)8-16(14)18/h9-10,12,26H,1-8,11H2,(H3,21,23,24,27,28). The number of aliphatic hydroxyl groups excluding tert-OH is 1. The zero-order chi connectivity index (χ0) is 20.9. The number of nitrogens with one attached hydrogen (secondary N) is 1. The van der Waals surface area contributed by atoms with Gasteiger partial charge in [-0.25, -0.2) is 18.8 Å². The van der Waals surface area contributed by atoms with Gasteiger partial charge in [0, 0.05) is 25.3 Å². The van der Waals surface area contributed by atoms with Crippen LogP contribution in [-0.4, -0.2) is 38.3 Å². The number of aromatic nitrogens is 2. The number of rotatable bonds is 3. The maximum atomic E-state index is 13.1. The molecule has 30 heavy (non-hydrogen) atoms. The van der Waals surface area contributed by atoms with Crippen molar-refractivity contribution in [2.75, 3.05) is 18.5 Å². The molecule has 0 fully saturated rings. The van der Waals surface area contributed by atoms with Gasteiger partial charge in [-0.1, -0.05) is 6.07 Å². The highest BCUT2D eigenvalue weighted by atomic mass is 32.2. The molecule has 0 bridgehead atoms.